The summed E-state index contributed by atoms with van der Waals surface area (Å²) in [5, 5.41) is 9.34. The lowest BCUT2D eigenvalue weighted by Gasteiger charge is -2.32. The fourth-order valence-corrected chi connectivity index (χ4v) is 3.92. The van der Waals surface area contributed by atoms with E-state index in [0.717, 1.165) is 6.07 Å². The van der Waals surface area contributed by atoms with Crippen molar-refractivity contribution in [1.29, 1.82) is 5.26 Å². The minimum absolute atomic E-state index is 0.0615. The number of anilines is 1. The van der Waals surface area contributed by atoms with Gasteiger partial charge in [0.25, 0.3) is 0 Å². The number of amides is 1. The summed E-state index contributed by atoms with van der Waals surface area (Å²) >= 11 is 6.19. The average Bonchev–Trinajstić information content (AvgIpc) is 3.10. The first kappa shape index (κ1) is 22.9. The summed E-state index contributed by atoms with van der Waals surface area (Å²) in [5.74, 6) is -0.0871. The standard InChI is InChI=1S/C22H21ClF3N3O2/c1-31-9-8-28-14-18(11-21(28)30)29(17-7-6-15(12-27)20(23)10-17)13-16-4-2-3-5-19(16)22(24,25)26/h2-7,10,18H,8-9,11,13-14H2,1H3/t18-/m0/s1. The molecule has 1 amide bonds. The van der Waals surface area contributed by atoms with E-state index in [9.17, 15) is 18.0 Å². The van der Waals surface area contributed by atoms with Crippen LogP contribution in [-0.4, -0.2) is 43.7 Å². The molecule has 2 aromatic rings. The Labute approximate surface area is 183 Å². The number of likely N-dealkylation sites (tertiary alicyclic amines) is 1. The second kappa shape index (κ2) is 9.58. The van der Waals surface area contributed by atoms with Crippen molar-refractivity contribution in [3.8, 4) is 6.07 Å². The summed E-state index contributed by atoms with van der Waals surface area (Å²) in [5.41, 5.74) is 0.191. The molecule has 0 aromatic heterocycles. The Bertz CT molecular complexity index is 991. The summed E-state index contributed by atoms with van der Waals surface area (Å²) in [6, 6.07) is 11.7. The van der Waals surface area contributed by atoms with E-state index in [0.29, 0.717) is 25.4 Å². The third kappa shape index (κ3) is 5.30. The normalized spacial score (nSPS) is 16.5. The van der Waals surface area contributed by atoms with Gasteiger partial charge >= 0.3 is 6.18 Å². The van der Waals surface area contributed by atoms with Gasteiger partial charge in [0.15, 0.2) is 0 Å². The summed E-state index contributed by atoms with van der Waals surface area (Å²) < 4.78 is 45.7. The monoisotopic (exact) mass is 451 g/mol. The maximum Gasteiger partial charge on any atom is 0.416 e. The highest BCUT2D eigenvalue weighted by molar-refractivity contribution is 6.32. The van der Waals surface area contributed by atoms with Gasteiger partial charge in [-0.1, -0.05) is 29.8 Å². The highest BCUT2D eigenvalue weighted by Crippen LogP contribution is 2.35. The average molecular weight is 452 g/mol. The smallest absolute Gasteiger partial charge is 0.383 e. The van der Waals surface area contributed by atoms with Crippen molar-refractivity contribution in [2.75, 3.05) is 31.7 Å². The molecule has 0 unspecified atom stereocenters. The lowest BCUT2D eigenvalue weighted by Crippen LogP contribution is -2.38. The molecule has 1 atom stereocenters. The van der Waals surface area contributed by atoms with Crippen LogP contribution in [0, 0.1) is 11.3 Å². The molecule has 9 heteroatoms. The molecule has 1 aliphatic heterocycles. The highest BCUT2D eigenvalue weighted by Gasteiger charge is 2.37. The van der Waals surface area contributed by atoms with Crippen LogP contribution in [0.3, 0.4) is 0 Å². The van der Waals surface area contributed by atoms with Gasteiger partial charge in [0, 0.05) is 38.9 Å². The van der Waals surface area contributed by atoms with E-state index in [-0.39, 0.29) is 41.1 Å². The molecule has 1 heterocycles. The molecule has 0 aliphatic carbocycles. The van der Waals surface area contributed by atoms with Gasteiger partial charge in [-0.25, -0.2) is 0 Å². The Morgan fingerprint density at radius 1 is 1.29 bits per heavy atom. The van der Waals surface area contributed by atoms with Crippen molar-refractivity contribution < 1.29 is 22.7 Å². The molecule has 1 fully saturated rings. The molecule has 1 aliphatic rings. The first-order valence-corrected chi connectivity index (χ1v) is 10.0. The fraction of sp³-hybridized carbons (Fsp3) is 0.364. The van der Waals surface area contributed by atoms with E-state index >= 15 is 0 Å². The van der Waals surface area contributed by atoms with Crippen LogP contribution in [0.5, 0.6) is 0 Å². The van der Waals surface area contributed by atoms with E-state index in [2.05, 4.69) is 0 Å². The molecule has 0 saturated carbocycles. The number of ether oxygens (including phenoxy) is 1. The van der Waals surface area contributed by atoms with Crippen molar-refractivity contribution in [3.05, 3.63) is 64.2 Å². The van der Waals surface area contributed by atoms with Crippen LogP contribution >= 0.6 is 11.6 Å². The number of carbonyl (C=O) groups is 1. The third-order valence-corrected chi connectivity index (χ3v) is 5.58. The molecule has 164 valence electrons. The number of hydrogen-bond donors (Lipinski definition) is 0. The van der Waals surface area contributed by atoms with E-state index in [1.807, 2.05) is 6.07 Å². The molecule has 5 nitrogen and oxygen atoms in total. The van der Waals surface area contributed by atoms with Crippen LogP contribution in [-0.2, 0) is 22.3 Å². The molecule has 0 spiro atoms. The Balaban J connectivity index is 1.98. The Hall–Kier alpha value is -2.76. The first-order valence-electron chi connectivity index (χ1n) is 9.62. The van der Waals surface area contributed by atoms with Crippen molar-refractivity contribution in [3.63, 3.8) is 0 Å². The van der Waals surface area contributed by atoms with Gasteiger partial charge in [0.05, 0.1) is 28.8 Å². The molecular weight excluding hydrogens is 431 g/mol. The SMILES string of the molecule is COCCN1C[C@@H](N(Cc2ccccc2C(F)(F)F)c2ccc(C#N)c(Cl)c2)CC1=O. The van der Waals surface area contributed by atoms with Crippen LogP contribution in [0.2, 0.25) is 5.02 Å². The Morgan fingerprint density at radius 2 is 2.03 bits per heavy atom. The quantitative estimate of drug-likeness (QED) is 0.622. The zero-order chi connectivity index (χ0) is 22.6. The maximum atomic E-state index is 13.6. The van der Waals surface area contributed by atoms with Crippen molar-refractivity contribution in [2.45, 2.75) is 25.2 Å². The zero-order valence-corrected chi connectivity index (χ0v) is 17.6. The Morgan fingerprint density at radius 3 is 2.68 bits per heavy atom. The predicted molar refractivity (Wildman–Crippen MR) is 111 cm³/mol. The summed E-state index contributed by atoms with van der Waals surface area (Å²) in [6.45, 7) is 1.08. The largest absolute Gasteiger partial charge is 0.416 e. The Kier molecular flexibility index (Phi) is 7.08. The number of rotatable bonds is 7. The molecule has 0 radical (unpaired) electrons. The van der Waals surface area contributed by atoms with Crippen molar-refractivity contribution >= 4 is 23.2 Å². The van der Waals surface area contributed by atoms with E-state index in [1.165, 1.54) is 25.3 Å². The molecule has 1 saturated heterocycles. The number of nitriles is 1. The number of methoxy groups -OCH3 is 1. The van der Waals surface area contributed by atoms with Crippen LogP contribution in [0.4, 0.5) is 18.9 Å². The highest BCUT2D eigenvalue weighted by atomic mass is 35.5. The van der Waals surface area contributed by atoms with Gasteiger partial charge in [-0.05, 0) is 29.8 Å². The third-order valence-electron chi connectivity index (χ3n) is 5.27. The lowest BCUT2D eigenvalue weighted by molar-refractivity contribution is -0.138. The number of nitrogens with zero attached hydrogens (tertiary/aromatic N) is 3. The van der Waals surface area contributed by atoms with Crippen molar-refractivity contribution in [2.24, 2.45) is 0 Å². The molecule has 3 rings (SSSR count). The molecular formula is C22H21ClF3N3O2. The molecule has 31 heavy (non-hydrogen) atoms. The van der Waals surface area contributed by atoms with Gasteiger partial charge in [0.1, 0.15) is 6.07 Å². The first-order chi connectivity index (χ1) is 14.7. The fourth-order valence-electron chi connectivity index (χ4n) is 3.70. The minimum atomic E-state index is -4.50. The molecule has 2 aromatic carbocycles. The molecule has 0 N–H and O–H groups in total. The van der Waals surface area contributed by atoms with E-state index in [1.54, 1.807) is 28.0 Å². The predicted octanol–water partition coefficient (Wildman–Crippen LogP) is 4.48. The van der Waals surface area contributed by atoms with Gasteiger partial charge < -0.3 is 14.5 Å². The summed E-state index contributed by atoms with van der Waals surface area (Å²) in [7, 11) is 1.54. The second-order valence-corrected chi connectivity index (χ2v) is 7.66. The van der Waals surface area contributed by atoms with Crippen LogP contribution in [0.15, 0.2) is 42.5 Å². The number of carbonyl (C=O) groups excluding carboxylic acids is 1. The number of alkyl halides is 3. The minimum Gasteiger partial charge on any atom is -0.383 e. The number of benzene rings is 2. The zero-order valence-electron chi connectivity index (χ0n) is 16.8. The van der Waals surface area contributed by atoms with Crippen molar-refractivity contribution in [1.82, 2.24) is 4.90 Å². The van der Waals surface area contributed by atoms with Gasteiger partial charge in [-0.2, -0.15) is 18.4 Å². The van der Waals surface area contributed by atoms with E-state index in [4.69, 9.17) is 21.6 Å². The topological polar surface area (TPSA) is 56.6 Å². The summed E-state index contributed by atoms with van der Waals surface area (Å²) in [4.78, 5) is 15.9. The van der Waals surface area contributed by atoms with Crippen LogP contribution < -0.4 is 4.90 Å². The summed E-state index contributed by atoms with van der Waals surface area (Å²) in [6.07, 6.45) is -4.34. The van der Waals surface area contributed by atoms with Gasteiger partial charge in [0.2, 0.25) is 5.91 Å². The van der Waals surface area contributed by atoms with Gasteiger partial charge in [-0.3, -0.25) is 4.79 Å². The van der Waals surface area contributed by atoms with E-state index < -0.39 is 11.7 Å². The maximum absolute atomic E-state index is 13.6. The lowest BCUT2D eigenvalue weighted by atomic mass is 10.0. The molecule has 0 bridgehead atoms. The van der Waals surface area contributed by atoms with Crippen LogP contribution in [0.1, 0.15) is 23.1 Å². The second-order valence-electron chi connectivity index (χ2n) is 7.25. The number of halogens is 4. The number of hydrogen-bond acceptors (Lipinski definition) is 4. The van der Waals surface area contributed by atoms with Gasteiger partial charge in [-0.15, -0.1) is 0 Å². The van der Waals surface area contributed by atoms with Crippen LogP contribution in [0.25, 0.3) is 0 Å².